The summed E-state index contributed by atoms with van der Waals surface area (Å²) >= 11 is 0. The van der Waals surface area contributed by atoms with Crippen LogP contribution in [0.2, 0.25) is 0 Å². The summed E-state index contributed by atoms with van der Waals surface area (Å²) < 4.78 is 10.0. The summed E-state index contributed by atoms with van der Waals surface area (Å²) in [6.45, 7) is 0.209. The van der Waals surface area contributed by atoms with Crippen molar-refractivity contribution in [2.45, 2.75) is 18.9 Å². The predicted molar refractivity (Wildman–Crippen MR) is 130 cm³/mol. The smallest absolute Gasteiger partial charge is 0.337 e. The highest BCUT2D eigenvalue weighted by Crippen LogP contribution is 2.28. The van der Waals surface area contributed by atoms with Gasteiger partial charge in [-0.2, -0.15) is 0 Å². The molecule has 1 aliphatic rings. The number of hydrogen-bond acceptors (Lipinski definition) is 6. The highest BCUT2D eigenvalue weighted by Gasteiger charge is 2.44. The number of carbonyl (C=O) groups is 4. The molecule has 9 nitrogen and oxygen atoms in total. The normalized spacial score (nSPS) is 15.5. The van der Waals surface area contributed by atoms with Crippen LogP contribution in [0.3, 0.4) is 0 Å². The number of esters is 1. The lowest BCUT2D eigenvalue weighted by Gasteiger charge is -2.27. The van der Waals surface area contributed by atoms with E-state index in [1.807, 2.05) is 30.5 Å². The van der Waals surface area contributed by atoms with Crippen molar-refractivity contribution in [3.63, 3.8) is 0 Å². The van der Waals surface area contributed by atoms with E-state index in [0.29, 0.717) is 17.7 Å². The van der Waals surface area contributed by atoms with Gasteiger partial charge in [-0.05, 0) is 54.4 Å². The quantitative estimate of drug-likeness (QED) is 0.316. The zero-order valence-corrected chi connectivity index (χ0v) is 19.5. The first-order valence-corrected chi connectivity index (χ1v) is 11.4. The molecule has 1 saturated heterocycles. The fourth-order valence-electron chi connectivity index (χ4n) is 4.52. The third-order valence-electron chi connectivity index (χ3n) is 6.34. The van der Waals surface area contributed by atoms with Crippen molar-refractivity contribution in [2.75, 3.05) is 18.6 Å². The Morgan fingerprint density at radius 1 is 1.08 bits per heavy atom. The second kappa shape index (κ2) is 9.53. The van der Waals surface area contributed by atoms with E-state index in [2.05, 4.69) is 4.98 Å². The number of rotatable bonds is 7. The Kier molecular flexibility index (Phi) is 6.12. The van der Waals surface area contributed by atoms with Crippen LogP contribution >= 0.6 is 0 Å². The summed E-state index contributed by atoms with van der Waals surface area (Å²) in [5, 5.41) is 1.03. The number of methoxy groups -OCH3 is 1. The number of para-hydroxylation sites is 1. The van der Waals surface area contributed by atoms with Gasteiger partial charge in [-0.15, -0.1) is 0 Å². The summed E-state index contributed by atoms with van der Waals surface area (Å²) in [5.74, 6) is -1.83. The summed E-state index contributed by atoms with van der Waals surface area (Å²) in [6, 6.07) is 16.0. The number of nitrogens with one attached hydrogen (secondary N) is 1. The molecule has 182 valence electrons. The van der Waals surface area contributed by atoms with Crippen LogP contribution in [0.15, 0.2) is 77.5 Å². The number of nitrogens with zero attached hydrogens (tertiary/aromatic N) is 2. The van der Waals surface area contributed by atoms with Crippen molar-refractivity contribution < 1.29 is 28.3 Å². The van der Waals surface area contributed by atoms with Crippen LogP contribution in [0.5, 0.6) is 0 Å². The molecule has 0 saturated carbocycles. The monoisotopic (exact) mass is 485 g/mol. The van der Waals surface area contributed by atoms with E-state index < -0.39 is 29.7 Å². The van der Waals surface area contributed by atoms with Crippen molar-refractivity contribution in [3.05, 3.63) is 90.0 Å². The first-order chi connectivity index (χ1) is 17.5. The number of aromatic amines is 1. The molecule has 1 aliphatic heterocycles. The number of carbonyl (C=O) groups excluding carboxylic acids is 4. The molecule has 36 heavy (non-hydrogen) atoms. The number of amides is 3. The molecule has 0 spiro atoms. The van der Waals surface area contributed by atoms with Crippen LogP contribution in [-0.2, 0) is 20.7 Å². The van der Waals surface area contributed by atoms with Gasteiger partial charge >= 0.3 is 5.97 Å². The summed E-state index contributed by atoms with van der Waals surface area (Å²) in [6.07, 6.45) is 3.60. The Hall–Kier alpha value is -4.66. The number of ether oxygens (including phenoxy) is 1. The minimum absolute atomic E-state index is 0.0926. The molecule has 1 fully saturated rings. The highest BCUT2D eigenvalue weighted by atomic mass is 16.5. The fourth-order valence-corrected chi connectivity index (χ4v) is 4.52. The minimum Gasteiger partial charge on any atom is -0.465 e. The summed E-state index contributed by atoms with van der Waals surface area (Å²) in [4.78, 5) is 57.2. The standard InChI is InChI=1S/C27H23N3O6/c1-35-27(34)17-8-10-19(11-9-17)30-24(31)15-22(25(30)32)29(26(33)23-7-4-14-36-23)13-12-18-16-28-21-6-3-2-5-20(18)21/h2-11,14,16,22,28H,12-13,15H2,1H3. The number of aromatic nitrogens is 1. The fraction of sp³-hybridized carbons (Fsp3) is 0.185. The van der Waals surface area contributed by atoms with Gasteiger partial charge in [-0.3, -0.25) is 14.4 Å². The van der Waals surface area contributed by atoms with Gasteiger partial charge in [0.1, 0.15) is 6.04 Å². The number of fused-ring (bicyclic) bond motifs is 1. The molecule has 0 aliphatic carbocycles. The molecule has 4 aromatic rings. The summed E-state index contributed by atoms with van der Waals surface area (Å²) in [5.41, 5.74) is 2.59. The van der Waals surface area contributed by atoms with Gasteiger partial charge in [-0.25, -0.2) is 9.69 Å². The maximum absolute atomic E-state index is 13.5. The van der Waals surface area contributed by atoms with Crippen molar-refractivity contribution in [1.82, 2.24) is 9.88 Å². The molecular formula is C27H23N3O6. The highest BCUT2D eigenvalue weighted by molar-refractivity contribution is 6.23. The maximum atomic E-state index is 13.5. The lowest BCUT2D eigenvalue weighted by molar-refractivity contribution is -0.122. The van der Waals surface area contributed by atoms with E-state index in [4.69, 9.17) is 9.15 Å². The third-order valence-corrected chi connectivity index (χ3v) is 6.34. The number of H-pyrrole nitrogens is 1. The largest absolute Gasteiger partial charge is 0.465 e. The van der Waals surface area contributed by atoms with Gasteiger partial charge in [-0.1, -0.05) is 18.2 Å². The maximum Gasteiger partial charge on any atom is 0.337 e. The molecule has 0 bridgehead atoms. The molecule has 1 unspecified atom stereocenters. The Balaban J connectivity index is 1.42. The molecule has 0 radical (unpaired) electrons. The Bertz CT molecular complexity index is 1440. The topological polar surface area (TPSA) is 113 Å². The Labute approximate surface area is 206 Å². The number of furan rings is 1. The van der Waals surface area contributed by atoms with Crippen LogP contribution < -0.4 is 4.90 Å². The van der Waals surface area contributed by atoms with Crippen molar-refractivity contribution in [1.29, 1.82) is 0 Å². The van der Waals surface area contributed by atoms with Crippen LogP contribution in [0, 0.1) is 0 Å². The molecule has 1 atom stereocenters. The van der Waals surface area contributed by atoms with Crippen LogP contribution in [0.1, 0.15) is 32.9 Å². The molecular weight excluding hydrogens is 462 g/mol. The van der Waals surface area contributed by atoms with E-state index in [-0.39, 0.29) is 18.7 Å². The van der Waals surface area contributed by atoms with Crippen LogP contribution in [0.4, 0.5) is 5.69 Å². The molecule has 3 amide bonds. The van der Waals surface area contributed by atoms with E-state index in [1.54, 1.807) is 6.07 Å². The number of anilines is 1. The molecule has 9 heteroatoms. The van der Waals surface area contributed by atoms with Gasteiger partial charge in [0.05, 0.1) is 31.0 Å². The first-order valence-electron chi connectivity index (χ1n) is 11.4. The first kappa shape index (κ1) is 23.1. The Morgan fingerprint density at radius 3 is 2.58 bits per heavy atom. The predicted octanol–water partition coefficient (Wildman–Crippen LogP) is 3.56. The van der Waals surface area contributed by atoms with Gasteiger partial charge in [0.2, 0.25) is 5.91 Å². The second-order valence-corrected chi connectivity index (χ2v) is 8.41. The van der Waals surface area contributed by atoms with Crippen molar-refractivity contribution in [2.24, 2.45) is 0 Å². The molecule has 2 aromatic heterocycles. The number of benzene rings is 2. The zero-order valence-electron chi connectivity index (χ0n) is 19.5. The average molecular weight is 485 g/mol. The average Bonchev–Trinajstić information content (AvgIpc) is 3.64. The lowest BCUT2D eigenvalue weighted by Crippen LogP contribution is -2.46. The number of imide groups is 1. The second-order valence-electron chi connectivity index (χ2n) is 8.41. The Morgan fingerprint density at radius 2 is 1.86 bits per heavy atom. The van der Waals surface area contributed by atoms with Gasteiger partial charge in [0.15, 0.2) is 5.76 Å². The van der Waals surface area contributed by atoms with E-state index in [9.17, 15) is 19.2 Å². The molecule has 1 N–H and O–H groups in total. The van der Waals surface area contributed by atoms with Gasteiger partial charge in [0, 0.05) is 23.6 Å². The van der Waals surface area contributed by atoms with E-state index in [0.717, 1.165) is 21.4 Å². The molecule has 2 aromatic carbocycles. The van der Waals surface area contributed by atoms with Gasteiger partial charge < -0.3 is 19.0 Å². The van der Waals surface area contributed by atoms with Crippen LogP contribution in [0.25, 0.3) is 10.9 Å². The number of hydrogen-bond donors (Lipinski definition) is 1. The van der Waals surface area contributed by atoms with Crippen molar-refractivity contribution >= 4 is 40.3 Å². The van der Waals surface area contributed by atoms with E-state index in [1.165, 1.54) is 48.6 Å². The zero-order chi connectivity index (χ0) is 25.2. The van der Waals surface area contributed by atoms with Gasteiger partial charge in [0.25, 0.3) is 11.8 Å². The van der Waals surface area contributed by atoms with Crippen LogP contribution in [-0.4, -0.2) is 53.3 Å². The SMILES string of the molecule is COC(=O)c1ccc(N2C(=O)CC(N(CCc3c[nH]c4ccccc34)C(=O)c3ccco3)C2=O)cc1. The molecule has 3 heterocycles. The minimum atomic E-state index is -0.986. The summed E-state index contributed by atoms with van der Waals surface area (Å²) in [7, 11) is 1.27. The molecule has 5 rings (SSSR count). The third kappa shape index (κ3) is 4.15. The van der Waals surface area contributed by atoms with Crippen molar-refractivity contribution in [3.8, 4) is 0 Å². The lowest BCUT2D eigenvalue weighted by atomic mass is 10.1. The van der Waals surface area contributed by atoms with E-state index >= 15 is 0 Å².